The van der Waals surface area contributed by atoms with Crippen molar-refractivity contribution in [3.63, 3.8) is 0 Å². The van der Waals surface area contributed by atoms with Crippen LogP contribution >= 0.6 is 0 Å². The average Bonchev–Trinajstić information content (AvgIpc) is 2.97. The highest BCUT2D eigenvalue weighted by Crippen LogP contribution is 2.53. The summed E-state index contributed by atoms with van der Waals surface area (Å²) in [5.74, 6) is 1.59. The zero-order chi connectivity index (χ0) is 12.5. The third kappa shape index (κ3) is 3.22. The Morgan fingerprint density at radius 1 is 1.29 bits per heavy atom. The maximum absolute atomic E-state index is 11.7. The Bertz CT molecular complexity index is 411. The topological polar surface area (TPSA) is 57.9 Å². The van der Waals surface area contributed by atoms with Crippen LogP contribution in [0.25, 0.3) is 0 Å². The monoisotopic (exact) mass is 255 g/mol. The van der Waals surface area contributed by atoms with Gasteiger partial charge < -0.3 is 0 Å². The summed E-state index contributed by atoms with van der Waals surface area (Å²) in [4.78, 5) is 0. The van der Waals surface area contributed by atoms with Gasteiger partial charge in [0.05, 0.1) is 17.2 Å². The first-order valence-corrected chi connectivity index (χ1v) is 8.42. The van der Waals surface area contributed by atoms with Crippen molar-refractivity contribution in [2.24, 2.45) is 17.3 Å². The minimum Gasteiger partial charge on any atom is -0.229 e. The summed E-state index contributed by atoms with van der Waals surface area (Å²) in [6.07, 6.45) is 5.85. The van der Waals surface area contributed by atoms with Gasteiger partial charge in [-0.25, -0.2) is 8.42 Å². The predicted molar refractivity (Wildman–Crippen MR) is 67.1 cm³/mol. The van der Waals surface area contributed by atoms with Crippen molar-refractivity contribution in [2.45, 2.75) is 45.4 Å². The van der Waals surface area contributed by atoms with Gasteiger partial charge in [-0.2, -0.15) is 5.26 Å². The lowest BCUT2D eigenvalue weighted by atomic mass is 9.61. The van der Waals surface area contributed by atoms with Crippen molar-refractivity contribution >= 4 is 9.84 Å². The number of sulfone groups is 1. The molecule has 0 aliphatic heterocycles. The molecule has 0 saturated heterocycles. The number of hydrogen-bond donors (Lipinski definition) is 0. The standard InChI is InChI=1S/C13H21NO2S/c1-2-5-17(15,16)9-12-7-13(8-12,10-14)6-11-3-4-11/h11-12H,2-9H2,1H3. The zero-order valence-electron chi connectivity index (χ0n) is 10.5. The highest BCUT2D eigenvalue weighted by molar-refractivity contribution is 7.91. The molecule has 2 aliphatic rings. The van der Waals surface area contributed by atoms with Gasteiger partial charge in [0.1, 0.15) is 0 Å². The molecule has 0 atom stereocenters. The molecule has 0 spiro atoms. The Hall–Kier alpha value is -0.560. The normalized spacial score (nSPS) is 32.8. The Kier molecular flexibility index (Phi) is 3.49. The summed E-state index contributed by atoms with van der Waals surface area (Å²) in [5.41, 5.74) is -0.173. The fraction of sp³-hybridized carbons (Fsp3) is 0.923. The molecule has 0 aromatic heterocycles. The van der Waals surface area contributed by atoms with E-state index in [4.69, 9.17) is 0 Å². The van der Waals surface area contributed by atoms with Gasteiger partial charge in [-0.05, 0) is 37.5 Å². The summed E-state index contributed by atoms with van der Waals surface area (Å²) in [5, 5.41) is 9.23. The molecule has 2 saturated carbocycles. The van der Waals surface area contributed by atoms with Crippen molar-refractivity contribution in [2.75, 3.05) is 11.5 Å². The van der Waals surface area contributed by atoms with E-state index < -0.39 is 9.84 Å². The van der Waals surface area contributed by atoms with E-state index in [1.807, 2.05) is 6.92 Å². The van der Waals surface area contributed by atoms with Crippen LogP contribution in [-0.2, 0) is 9.84 Å². The second kappa shape index (κ2) is 4.61. The molecule has 0 amide bonds. The highest BCUT2D eigenvalue weighted by atomic mass is 32.2. The number of rotatable bonds is 6. The third-order valence-corrected chi connectivity index (χ3v) is 5.99. The van der Waals surface area contributed by atoms with Crippen LogP contribution in [-0.4, -0.2) is 19.9 Å². The Labute approximate surface area is 104 Å². The van der Waals surface area contributed by atoms with Crippen molar-refractivity contribution in [1.82, 2.24) is 0 Å². The Morgan fingerprint density at radius 2 is 1.94 bits per heavy atom. The minimum atomic E-state index is -2.87. The quantitative estimate of drug-likeness (QED) is 0.733. The molecule has 0 aromatic rings. The molecule has 96 valence electrons. The van der Waals surface area contributed by atoms with Gasteiger partial charge in [-0.1, -0.05) is 19.8 Å². The van der Waals surface area contributed by atoms with Gasteiger partial charge >= 0.3 is 0 Å². The van der Waals surface area contributed by atoms with Crippen LogP contribution in [0.1, 0.15) is 45.4 Å². The molecule has 2 fully saturated rings. The molecule has 0 aromatic carbocycles. The summed E-state index contributed by atoms with van der Waals surface area (Å²) in [7, 11) is -2.87. The highest BCUT2D eigenvalue weighted by Gasteiger charge is 2.48. The van der Waals surface area contributed by atoms with Crippen LogP contribution in [0.5, 0.6) is 0 Å². The first kappa shape index (κ1) is 12.9. The molecule has 2 aliphatic carbocycles. The van der Waals surface area contributed by atoms with Crippen LogP contribution in [0.15, 0.2) is 0 Å². The minimum absolute atomic E-state index is 0.173. The summed E-state index contributed by atoms with van der Waals surface area (Å²) in [6, 6.07) is 2.44. The van der Waals surface area contributed by atoms with E-state index in [-0.39, 0.29) is 11.3 Å². The zero-order valence-corrected chi connectivity index (χ0v) is 11.3. The van der Waals surface area contributed by atoms with E-state index in [1.54, 1.807) is 0 Å². The van der Waals surface area contributed by atoms with Gasteiger partial charge in [-0.15, -0.1) is 0 Å². The smallest absolute Gasteiger partial charge is 0.150 e. The molecule has 0 heterocycles. The van der Waals surface area contributed by atoms with Crippen molar-refractivity contribution in [3.05, 3.63) is 0 Å². The Morgan fingerprint density at radius 3 is 2.41 bits per heavy atom. The third-order valence-electron chi connectivity index (χ3n) is 3.98. The van der Waals surface area contributed by atoms with Crippen LogP contribution in [0.3, 0.4) is 0 Å². The molecule has 17 heavy (non-hydrogen) atoms. The molecule has 0 N–H and O–H groups in total. The SMILES string of the molecule is CCCS(=O)(=O)CC1CC(C#N)(CC2CC2)C1. The summed E-state index contributed by atoms with van der Waals surface area (Å²) >= 11 is 0. The molecule has 0 unspecified atom stereocenters. The van der Waals surface area contributed by atoms with E-state index in [0.29, 0.717) is 17.9 Å². The van der Waals surface area contributed by atoms with Gasteiger partial charge in [0, 0.05) is 5.75 Å². The Balaban J connectivity index is 1.82. The molecule has 0 bridgehead atoms. The fourth-order valence-electron chi connectivity index (χ4n) is 3.09. The van der Waals surface area contributed by atoms with Crippen LogP contribution in [0.4, 0.5) is 0 Å². The first-order valence-electron chi connectivity index (χ1n) is 6.60. The lowest BCUT2D eigenvalue weighted by Crippen LogP contribution is -2.40. The fourth-order valence-corrected chi connectivity index (χ4v) is 4.84. The maximum atomic E-state index is 11.7. The number of hydrogen-bond acceptors (Lipinski definition) is 3. The van der Waals surface area contributed by atoms with Crippen LogP contribution in [0.2, 0.25) is 0 Å². The van der Waals surface area contributed by atoms with Gasteiger partial charge in [-0.3, -0.25) is 0 Å². The first-order chi connectivity index (χ1) is 7.99. The van der Waals surface area contributed by atoms with Gasteiger partial charge in [0.25, 0.3) is 0 Å². The second-order valence-corrected chi connectivity index (χ2v) is 8.16. The van der Waals surface area contributed by atoms with E-state index in [9.17, 15) is 13.7 Å². The summed E-state index contributed by atoms with van der Waals surface area (Å²) < 4.78 is 23.4. The van der Waals surface area contributed by atoms with Crippen LogP contribution in [0, 0.1) is 28.6 Å². The van der Waals surface area contributed by atoms with Gasteiger partial charge in [0.15, 0.2) is 9.84 Å². The molecule has 0 radical (unpaired) electrons. The average molecular weight is 255 g/mol. The van der Waals surface area contributed by atoms with Gasteiger partial charge in [0.2, 0.25) is 0 Å². The van der Waals surface area contributed by atoms with E-state index >= 15 is 0 Å². The molecule has 4 heteroatoms. The molecule has 3 nitrogen and oxygen atoms in total. The number of nitriles is 1. The lowest BCUT2D eigenvalue weighted by molar-refractivity contribution is 0.114. The summed E-state index contributed by atoms with van der Waals surface area (Å²) in [6.45, 7) is 1.89. The van der Waals surface area contributed by atoms with Crippen LogP contribution < -0.4 is 0 Å². The van der Waals surface area contributed by atoms with E-state index in [1.165, 1.54) is 12.8 Å². The molecule has 2 rings (SSSR count). The maximum Gasteiger partial charge on any atom is 0.150 e. The van der Waals surface area contributed by atoms with Crippen molar-refractivity contribution in [3.8, 4) is 6.07 Å². The second-order valence-electron chi connectivity index (χ2n) is 5.93. The predicted octanol–water partition coefficient (Wildman–Crippen LogP) is 2.53. The number of nitrogens with zero attached hydrogens (tertiary/aromatic N) is 1. The van der Waals surface area contributed by atoms with Crippen molar-refractivity contribution in [1.29, 1.82) is 5.26 Å². The lowest BCUT2D eigenvalue weighted by Gasteiger charge is -2.42. The molecular weight excluding hydrogens is 234 g/mol. The molecular formula is C13H21NO2S. The van der Waals surface area contributed by atoms with Crippen molar-refractivity contribution < 1.29 is 8.42 Å². The van der Waals surface area contributed by atoms with E-state index in [2.05, 4.69) is 6.07 Å². The largest absolute Gasteiger partial charge is 0.229 e. The van der Waals surface area contributed by atoms with E-state index in [0.717, 1.165) is 25.2 Å².